The molecule has 1 N–H and O–H groups in total. The second kappa shape index (κ2) is 2.71. The van der Waals surface area contributed by atoms with E-state index in [9.17, 15) is 5.11 Å². The zero-order chi connectivity index (χ0) is 8.89. The van der Waals surface area contributed by atoms with Crippen molar-refractivity contribution >= 4 is 0 Å². The molecule has 13 heavy (non-hydrogen) atoms. The van der Waals surface area contributed by atoms with Crippen molar-refractivity contribution < 1.29 is 5.11 Å². The molecule has 1 atom stereocenters. The van der Waals surface area contributed by atoms with Gasteiger partial charge >= 0.3 is 0 Å². The molecule has 0 aromatic heterocycles. The molecule has 1 saturated heterocycles. The third kappa shape index (κ3) is 1.62. The first-order valence-electron chi connectivity index (χ1n) is 5.68. The van der Waals surface area contributed by atoms with Crippen molar-refractivity contribution in [2.24, 2.45) is 11.3 Å². The predicted octanol–water partition coefficient (Wildman–Crippen LogP) is 1.24. The molecule has 0 aromatic rings. The SMILES string of the molecule is OC(CN1CCC2(CC2)C1)C1CC1. The highest BCUT2D eigenvalue weighted by atomic mass is 16.3. The highest BCUT2D eigenvalue weighted by molar-refractivity contribution is 5.01. The summed E-state index contributed by atoms with van der Waals surface area (Å²) in [5.74, 6) is 0.649. The van der Waals surface area contributed by atoms with Crippen LogP contribution in [0.3, 0.4) is 0 Å². The van der Waals surface area contributed by atoms with Crippen LogP contribution in [-0.2, 0) is 0 Å². The van der Waals surface area contributed by atoms with E-state index in [0.717, 1.165) is 12.0 Å². The summed E-state index contributed by atoms with van der Waals surface area (Å²) in [5.41, 5.74) is 0.725. The van der Waals surface area contributed by atoms with E-state index in [2.05, 4.69) is 4.90 Å². The number of hydrogen-bond acceptors (Lipinski definition) is 2. The largest absolute Gasteiger partial charge is 0.392 e. The quantitative estimate of drug-likeness (QED) is 0.708. The van der Waals surface area contributed by atoms with Gasteiger partial charge in [-0.1, -0.05) is 0 Å². The van der Waals surface area contributed by atoms with Gasteiger partial charge in [0.25, 0.3) is 0 Å². The van der Waals surface area contributed by atoms with Gasteiger partial charge in [-0.25, -0.2) is 0 Å². The van der Waals surface area contributed by atoms with Crippen molar-refractivity contribution in [2.75, 3.05) is 19.6 Å². The van der Waals surface area contributed by atoms with E-state index in [0.29, 0.717) is 5.92 Å². The molecular formula is C11H19NO. The highest BCUT2D eigenvalue weighted by Gasteiger charge is 2.48. The molecule has 3 fully saturated rings. The number of aliphatic hydroxyl groups excluding tert-OH is 1. The molecule has 2 nitrogen and oxygen atoms in total. The Balaban J connectivity index is 1.50. The van der Waals surface area contributed by atoms with Crippen LogP contribution in [0.2, 0.25) is 0 Å². The molecule has 0 amide bonds. The standard InChI is InChI=1S/C11H19NO/c13-10(9-1-2-9)7-12-6-5-11(8-12)3-4-11/h9-10,13H,1-8H2. The lowest BCUT2D eigenvalue weighted by Gasteiger charge is -2.19. The summed E-state index contributed by atoms with van der Waals surface area (Å²) in [6, 6.07) is 0. The van der Waals surface area contributed by atoms with Crippen molar-refractivity contribution in [3.8, 4) is 0 Å². The Labute approximate surface area is 79.9 Å². The molecule has 2 saturated carbocycles. The Bertz CT molecular complexity index is 208. The molecule has 3 aliphatic rings. The summed E-state index contributed by atoms with van der Waals surface area (Å²) in [6.07, 6.45) is 6.80. The lowest BCUT2D eigenvalue weighted by Crippen LogP contribution is -2.32. The second-order valence-corrected chi connectivity index (χ2v) is 5.39. The molecule has 74 valence electrons. The first kappa shape index (κ1) is 8.25. The minimum atomic E-state index is -0.0195. The third-order valence-corrected chi connectivity index (χ3v) is 4.09. The molecule has 1 unspecified atom stereocenters. The zero-order valence-corrected chi connectivity index (χ0v) is 8.21. The first-order valence-corrected chi connectivity index (χ1v) is 5.68. The van der Waals surface area contributed by atoms with Crippen molar-refractivity contribution in [1.82, 2.24) is 4.90 Å². The normalized spacial score (nSPS) is 33.9. The summed E-state index contributed by atoms with van der Waals surface area (Å²) in [5, 5.41) is 9.80. The van der Waals surface area contributed by atoms with Crippen LogP contribution in [0.5, 0.6) is 0 Å². The van der Waals surface area contributed by atoms with Crippen LogP contribution in [0.25, 0.3) is 0 Å². The van der Waals surface area contributed by atoms with Crippen LogP contribution in [0.15, 0.2) is 0 Å². The summed E-state index contributed by atoms with van der Waals surface area (Å²) in [4.78, 5) is 2.48. The Hall–Kier alpha value is -0.0800. The molecule has 1 spiro atoms. The molecule has 3 rings (SSSR count). The Morgan fingerprint density at radius 1 is 1.31 bits per heavy atom. The summed E-state index contributed by atoms with van der Waals surface area (Å²) in [7, 11) is 0. The van der Waals surface area contributed by atoms with Gasteiger partial charge in [0.15, 0.2) is 0 Å². The monoisotopic (exact) mass is 181 g/mol. The van der Waals surface area contributed by atoms with Crippen LogP contribution >= 0.6 is 0 Å². The van der Waals surface area contributed by atoms with Gasteiger partial charge in [-0.05, 0) is 50.0 Å². The Morgan fingerprint density at radius 3 is 2.62 bits per heavy atom. The fourth-order valence-corrected chi connectivity index (χ4v) is 2.66. The third-order valence-electron chi connectivity index (χ3n) is 4.09. The van der Waals surface area contributed by atoms with Gasteiger partial charge in [-0.2, -0.15) is 0 Å². The summed E-state index contributed by atoms with van der Waals surface area (Å²) < 4.78 is 0. The van der Waals surface area contributed by atoms with Crippen LogP contribution in [0.1, 0.15) is 32.1 Å². The van der Waals surface area contributed by atoms with E-state index in [1.54, 1.807) is 0 Å². The minimum absolute atomic E-state index is 0.0195. The topological polar surface area (TPSA) is 23.5 Å². The predicted molar refractivity (Wildman–Crippen MR) is 51.5 cm³/mol. The van der Waals surface area contributed by atoms with E-state index >= 15 is 0 Å². The van der Waals surface area contributed by atoms with Gasteiger partial charge in [0.05, 0.1) is 6.10 Å². The average Bonchev–Trinajstić information content (AvgIpc) is 2.92. The maximum Gasteiger partial charge on any atom is 0.0695 e. The van der Waals surface area contributed by atoms with Gasteiger partial charge < -0.3 is 10.0 Å². The molecule has 1 aliphatic heterocycles. The molecule has 2 heteroatoms. The van der Waals surface area contributed by atoms with E-state index in [1.807, 2.05) is 0 Å². The van der Waals surface area contributed by atoms with Gasteiger partial charge in [0.2, 0.25) is 0 Å². The molecule has 0 bridgehead atoms. The number of nitrogens with zero attached hydrogens (tertiary/aromatic N) is 1. The van der Waals surface area contributed by atoms with Gasteiger partial charge in [0, 0.05) is 13.1 Å². The van der Waals surface area contributed by atoms with E-state index in [1.165, 1.54) is 45.2 Å². The number of rotatable bonds is 3. The van der Waals surface area contributed by atoms with Crippen molar-refractivity contribution in [3.63, 3.8) is 0 Å². The van der Waals surface area contributed by atoms with Crippen LogP contribution < -0.4 is 0 Å². The second-order valence-electron chi connectivity index (χ2n) is 5.39. The summed E-state index contributed by atoms with van der Waals surface area (Å²) >= 11 is 0. The smallest absolute Gasteiger partial charge is 0.0695 e. The molecule has 1 heterocycles. The van der Waals surface area contributed by atoms with Crippen molar-refractivity contribution in [2.45, 2.75) is 38.2 Å². The lowest BCUT2D eigenvalue weighted by atomic mass is 10.1. The van der Waals surface area contributed by atoms with Gasteiger partial charge in [-0.3, -0.25) is 0 Å². The highest BCUT2D eigenvalue weighted by Crippen LogP contribution is 2.52. The van der Waals surface area contributed by atoms with Crippen LogP contribution in [0, 0.1) is 11.3 Å². The molecular weight excluding hydrogens is 162 g/mol. The molecule has 2 aliphatic carbocycles. The van der Waals surface area contributed by atoms with Crippen molar-refractivity contribution in [1.29, 1.82) is 0 Å². The van der Waals surface area contributed by atoms with Crippen LogP contribution in [0.4, 0.5) is 0 Å². The maximum absolute atomic E-state index is 9.80. The average molecular weight is 181 g/mol. The number of hydrogen-bond donors (Lipinski definition) is 1. The van der Waals surface area contributed by atoms with E-state index in [4.69, 9.17) is 0 Å². The van der Waals surface area contributed by atoms with Gasteiger partial charge in [-0.15, -0.1) is 0 Å². The van der Waals surface area contributed by atoms with Gasteiger partial charge in [0.1, 0.15) is 0 Å². The van der Waals surface area contributed by atoms with Crippen LogP contribution in [-0.4, -0.2) is 35.7 Å². The van der Waals surface area contributed by atoms with E-state index in [-0.39, 0.29) is 6.10 Å². The Morgan fingerprint density at radius 2 is 2.08 bits per heavy atom. The number of aliphatic hydroxyl groups is 1. The van der Waals surface area contributed by atoms with Crippen molar-refractivity contribution in [3.05, 3.63) is 0 Å². The summed E-state index contributed by atoms with van der Waals surface area (Å²) in [6.45, 7) is 3.47. The number of β-amino-alcohol motifs (C(OH)–C–C–N with tert-alkyl or cyclic N) is 1. The number of likely N-dealkylation sites (tertiary alicyclic amines) is 1. The fourth-order valence-electron chi connectivity index (χ4n) is 2.66. The lowest BCUT2D eigenvalue weighted by molar-refractivity contribution is 0.104. The maximum atomic E-state index is 9.80. The Kier molecular flexibility index (Phi) is 1.72. The zero-order valence-electron chi connectivity index (χ0n) is 8.21. The fraction of sp³-hybridized carbons (Fsp3) is 1.00. The first-order chi connectivity index (χ1) is 6.27. The molecule has 0 radical (unpaired) electrons. The van der Waals surface area contributed by atoms with E-state index < -0.39 is 0 Å². The molecule has 0 aromatic carbocycles. The minimum Gasteiger partial charge on any atom is -0.392 e.